The number of aromatic nitrogens is 2. The molecule has 1 aromatic carbocycles. The fourth-order valence-corrected chi connectivity index (χ4v) is 2.22. The van der Waals surface area contributed by atoms with Crippen LogP contribution in [0.1, 0.15) is 30.7 Å². The number of anilines is 2. The highest BCUT2D eigenvalue weighted by Gasteiger charge is 2.14. The van der Waals surface area contributed by atoms with Gasteiger partial charge in [0.05, 0.1) is 12.8 Å². The van der Waals surface area contributed by atoms with Gasteiger partial charge in [-0.2, -0.15) is 10.4 Å². The largest absolute Gasteiger partial charge is 0.497 e. The molecule has 0 aliphatic heterocycles. The topological polar surface area (TPSA) is 70.8 Å². The molecule has 1 aromatic heterocycles. The Bertz CT molecular complexity index is 676. The second kappa shape index (κ2) is 6.71. The van der Waals surface area contributed by atoms with Gasteiger partial charge in [0.2, 0.25) is 0 Å². The second-order valence-corrected chi connectivity index (χ2v) is 4.52. The summed E-state index contributed by atoms with van der Waals surface area (Å²) in [7, 11) is 1.62. The normalized spacial score (nSPS) is 10.0. The van der Waals surface area contributed by atoms with Crippen LogP contribution in [0.5, 0.6) is 5.75 Å². The Morgan fingerprint density at radius 1 is 1.24 bits per heavy atom. The van der Waals surface area contributed by atoms with E-state index in [1.807, 2.05) is 38.1 Å². The first kappa shape index (κ1) is 14.8. The molecule has 0 unspecified atom stereocenters. The molecule has 0 spiro atoms. The van der Waals surface area contributed by atoms with E-state index >= 15 is 0 Å². The zero-order valence-corrected chi connectivity index (χ0v) is 12.5. The number of nitrogens with one attached hydrogen (secondary N) is 1. The number of ether oxygens (including phenoxy) is 1. The molecule has 5 nitrogen and oxygen atoms in total. The van der Waals surface area contributed by atoms with Gasteiger partial charge in [0.15, 0.2) is 5.82 Å². The highest BCUT2D eigenvalue weighted by Crippen LogP contribution is 2.25. The Morgan fingerprint density at radius 3 is 2.67 bits per heavy atom. The molecule has 0 saturated carbocycles. The van der Waals surface area contributed by atoms with Crippen LogP contribution in [0.3, 0.4) is 0 Å². The molecule has 108 valence electrons. The Balaban J connectivity index is 2.42. The van der Waals surface area contributed by atoms with Crippen LogP contribution in [-0.4, -0.2) is 17.3 Å². The molecule has 0 saturated heterocycles. The van der Waals surface area contributed by atoms with Gasteiger partial charge in [-0.25, -0.2) is 0 Å². The van der Waals surface area contributed by atoms with E-state index in [0.29, 0.717) is 11.4 Å². The van der Waals surface area contributed by atoms with Crippen molar-refractivity contribution in [3.05, 3.63) is 41.1 Å². The Hall–Kier alpha value is -2.61. The number of hydrogen-bond donors (Lipinski definition) is 1. The molecule has 1 heterocycles. The van der Waals surface area contributed by atoms with Gasteiger partial charge in [0, 0.05) is 11.8 Å². The molecule has 0 amide bonds. The van der Waals surface area contributed by atoms with Crippen molar-refractivity contribution in [1.29, 1.82) is 5.26 Å². The van der Waals surface area contributed by atoms with E-state index in [1.54, 1.807) is 7.11 Å². The molecule has 0 atom stereocenters. The Labute approximate surface area is 124 Å². The molecule has 0 bridgehead atoms. The second-order valence-electron chi connectivity index (χ2n) is 4.52. The Morgan fingerprint density at radius 2 is 2.05 bits per heavy atom. The lowest BCUT2D eigenvalue weighted by Gasteiger charge is -2.12. The molecule has 0 radical (unpaired) electrons. The van der Waals surface area contributed by atoms with Gasteiger partial charge in [-0.3, -0.25) is 0 Å². The lowest BCUT2D eigenvalue weighted by Crippen LogP contribution is -2.07. The van der Waals surface area contributed by atoms with E-state index in [1.165, 1.54) is 0 Å². The molecular formula is C16H18N4O. The van der Waals surface area contributed by atoms with Crippen LogP contribution in [0, 0.1) is 11.3 Å². The van der Waals surface area contributed by atoms with Gasteiger partial charge in [-0.15, -0.1) is 5.10 Å². The van der Waals surface area contributed by atoms with Gasteiger partial charge < -0.3 is 10.1 Å². The van der Waals surface area contributed by atoms with Crippen molar-refractivity contribution in [3.8, 4) is 11.8 Å². The van der Waals surface area contributed by atoms with E-state index in [9.17, 15) is 5.26 Å². The summed E-state index contributed by atoms with van der Waals surface area (Å²) in [6, 6.07) is 9.72. The molecular weight excluding hydrogens is 264 g/mol. The van der Waals surface area contributed by atoms with Crippen LogP contribution in [0.4, 0.5) is 11.5 Å². The summed E-state index contributed by atoms with van der Waals surface area (Å²) in [6.07, 6.45) is 1.53. The van der Waals surface area contributed by atoms with Gasteiger partial charge in [0.1, 0.15) is 17.4 Å². The van der Waals surface area contributed by atoms with E-state index in [0.717, 1.165) is 35.5 Å². The summed E-state index contributed by atoms with van der Waals surface area (Å²) in [5, 5.41) is 21.0. The van der Waals surface area contributed by atoms with Crippen molar-refractivity contribution in [1.82, 2.24) is 10.2 Å². The molecule has 2 aromatic rings. The van der Waals surface area contributed by atoms with Crippen LogP contribution in [0.2, 0.25) is 0 Å². The number of benzene rings is 1. The SMILES string of the molecule is CCc1nnc(Nc2cccc(OC)c2)c(C#N)c1CC. The van der Waals surface area contributed by atoms with E-state index in [2.05, 4.69) is 21.6 Å². The average molecular weight is 282 g/mol. The fraction of sp³-hybridized carbons (Fsp3) is 0.312. The third kappa shape index (κ3) is 3.11. The first-order valence-corrected chi connectivity index (χ1v) is 6.93. The van der Waals surface area contributed by atoms with E-state index in [-0.39, 0.29) is 0 Å². The van der Waals surface area contributed by atoms with Crippen molar-refractivity contribution in [2.75, 3.05) is 12.4 Å². The third-order valence-corrected chi connectivity index (χ3v) is 3.29. The minimum Gasteiger partial charge on any atom is -0.497 e. The van der Waals surface area contributed by atoms with Crippen LogP contribution in [0.25, 0.3) is 0 Å². The quantitative estimate of drug-likeness (QED) is 0.911. The molecule has 0 fully saturated rings. The number of methoxy groups -OCH3 is 1. The summed E-state index contributed by atoms with van der Waals surface area (Å²) >= 11 is 0. The van der Waals surface area contributed by atoms with Crippen LogP contribution in [-0.2, 0) is 12.8 Å². The van der Waals surface area contributed by atoms with Crippen LogP contribution in [0.15, 0.2) is 24.3 Å². The van der Waals surface area contributed by atoms with Crippen molar-refractivity contribution < 1.29 is 4.74 Å². The molecule has 1 N–H and O–H groups in total. The maximum Gasteiger partial charge on any atom is 0.171 e. The summed E-state index contributed by atoms with van der Waals surface area (Å²) in [4.78, 5) is 0. The standard InChI is InChI=1S/C16H18N4O/c1-4-13-14(10-17)16(20-19-15(13)5-2)18-11-7-6-8-12(9-11)21-3/h6-9H,4-5H2,1-3H3,(H,18,20). The highest BCUT2D eigenvalue weighted by atomic mass is 16.5. The predicted octanol–water partition coefficient (Wildman–Crippen LogP) is 3.23. The van der Waals surface area contributed by atoms with E-state index < -0.39 is 0 Å². The summed E-state index contributed by atoms with van der Waals surface area (Å²) < 4.78 is 5.19. The van der Waals surface area contributed by atoms with Crippen molar-refractivity contribution in [3.63, 3.8) is 0 Å². The third-order valence-electron chi connectivity index (χ3n) is 3.29. The van der Waals surface area contributed by atoms with Crippen LogP contribution < -0.4 is 10.1 Å². The fourth-order valence-electron chi connectivity index (χ4n) is 2.22. The molecule has 21 heavy (non-hydrogen) atoms. The minimum atomic E-state index is 0.486. The maximum absolute atomic E-state index is 9.45. The smallest absolute Gasteiger partial charge is 0.171 e. The Kier molecular flexibility index (Phi) is 4.72. The zero-order valence-electron chi connectivity index (χ0n) is 12.5. The lowest BCUT2D eigenvalue weighted by molar-refractivity contribution is 0.415. The van der Waals surface area contributed by atoms with Gasteiger partial charge in [-0.05, 0) is 30.5 Å². The average Bonchev–Trinajstić information content (AvgIpc) is 2.54. The van der Waals surface area contributed by atoms with Crippen molar-refractivity contribution >= 4 is 11.5 Å². The molecule has 0 aliphatic carbocycles. The van der Waals surface area contributed by atoms with Gasteiger partial charge in [0.25, 0.3) is 0 Å². The van der Waals surface area contributed by atoms with Crippen molar-refractivity contribution in [2.45, 2.75) is 26.7 Å². The number of nitriles is 1. The monoisotopic (exact) mass is 282 g/mol. The summed E-state index contributed by atoms with van der Waals surface area (Å²) in [6.45, 7) is 4.03. The summed E-state index contributed by atoms with van der Waals surface area (Å²) in [5.41, 5.74) is 3.21. The predicted molar refractivity (Wildman–Crippen MR) is 81.8 cm³/mol. The number of aryl methyl sites for hydroxylation is 1. The van der Waals surface area contributed by atoms with E-state index in [4.69, 9.17) is 4.74 Å². The van der Waals surface area contributed by atoms with Crippen LogP contribution >= 0.6 is 0 Å². The number of rotatable bonds is 5. The number of hydrogen-bond acceptors (Lipinski definition) is 5. The minimum absolute atomic E-state index is 0.486. The zero-order chi connectivity index (χ0) is 15.2. The lowest BCUT2D eigenvalue weighted by atomic mass is 10.0. The first-order valence-electron chi connectivity index (χ1n) is 6.93. The highest BCUT2D eigenvalue weighted by molar-refractivity contribution is 5.65. The maximum atomic E-state index is 9.45. The molecule has 5 heteroatoms. The summed E-state index contributed by atoms with van der Waals surface area (Å²) in [5.74, 6) is 1.23. The number of nitrogens with zero attached hydrogens (tertiary/aromatic N) is 3. The van der Waals surface area contributed by atoms with Crippen molar-refractivity contribution in [2.24, 2.45) is 0 Å². The first-order chi connectivity index (χ1) is 10.2. The van der Waals surface area contributed by atoms with Gasteiger partial charge >= 0.3 is 0 Å². The molecule has 0 aliphatic rings. The molecule has 2 rings (SSSR count). The van der Waals surface area contributed by atoms with Gasteiger partial charge in [-0.1, -0.05) is 19.9 Å².